The lowest BCUT2D eigenvalue weighted by molar-refractivity contribution is 0.0690. The summed E-state index contributed by atoms with van der Waals surface area (Å²) in [6.07, 6.45) is 0. The van der Waals surface area contributed by atoms with Gasteiger partial charge in [-0.2, -0.15) is 0 Å². The monoisotopic (exact) mass is 276 g/mol. The van der Waals surface area contributed by atoms with Crippen molar-refractivity contribution >= 4 is 23.3 Å². The molecular formula is C14H13ClN2O2. The minimum atomic E-state index is -1.03. The van der Waals surface area contributed by atoms with E-state index in [0.29, 0.717) is 17.3 Å². The van der Waals surface area contributed by atoms with E-state index in [0.717, 1.165) is 11.3 Å². The van der Waals surface area contributed by atoms with E-state index in [9.17, 15) is 4.79 Å². The van der Waals surface area contributed by atoms with Gasteiger partial charge in [-0.25, -0.2) is 9.78 Å². The highest BCUT2D eigenvalue weighted by atomic mass is 35.5. The number of aryl methyl sites for hydroxylation is 1. The summed E-state index contributed by atoms with van der Waals surface area (Å²) in [4.78, 5) is 14.8. The van der Waals surface area contributed by atoms with Crippen LogP contribution in [0.15, 0.2) is 36.4 Å². The number of nitrogens with one attached hydrogen (secondary N) is 1. The molecule has 0 atom stereocenters. The van der Waals surface area contributed by atoms with Gasteiger partial charge in [-0.3, -0.25) is 0 Å². The van der Waals surface area contributed by atoms with Gasteiger partial charge in [0.2, 0.25) is 0 Å². The lowest BCUT2D eigenvalue weighted by Crippen LogP contribution is -2.06. The number of pyridine rings is 1. The van der Waals surface area contributed by atoms with Gasteiger partial charge < -0.3 is 10.4 Å². The number of carbonyl (C=O) groups is 1. The second kappa shape index (κ2) is 5.71. The molecule has 0 fully saturated rings. The molecule has 0 radical (unpaired) electrons. The maximum atomic E-state index is 10.8. The molecule has 0 aliphatic rings. The van der Waals surface area contributed by atoms with Gasteiger partial charge in [-0.1, -0.05) is 23.7 Å². The molecule has 0 saturated heterocycles. The van der Waals surface area contributed by atoms with Crippen molar-refractivity contribution in [2.45, 2.75) is 13.5 Å². The van der Waals surface area contributed by atoms with Crippen molar-refractivity contribution in [3.8, 4) is 0 Å². The van der Waals surface area contributed by atoms with Crippen LogP contribution in [0.4, 0.5) is 5.69 Å². The highest BCUT2D eigenvalue weighted by molar-refractivity contribution is 6.31. The van der Waals surface area contributed by atoms with Crippen LogP contribution in [0.2, 0.25) is 5.02 Å². The molecule has 0 aliphatic carbocycles. The standard InChI is InChI=1S/C14H13ClN2O2/c1-9-5-6-10(7-12(9)15)16-8-11-3-2-4-13(17-11)14(18)19/h2-7,16H,8H2,1H3,(H,18,19). The lowest BCUT2D eigenvalue weighted by Gasteiger charge is -2.08. The summed E-state index contributed by atoms with van der Waals surface area (Å²) in [6.45, 7) is 2.38. The van der Waals surface area contributed by atoms with Gasteiger partial charge in [0.15, 0.2) is 0 Å². The summed E-state index contributed by atoms with van der Waals surface area (Å²) < 4.78 is 0. The lowest BCUT2D eigenvalue weighted by atomic mass is 10.2. The van der Waals surface area contributed by atoms with E-state index in [-0.39, 0.29) is 5.69 Å². The second-order valence-electron chi connectivity index (χ2n) is 4.14. The second-order valence-corrected chi connectivity index (χ2v) is 4.54. The molecule has 0 saturated carbocycles. The van der Waals surface area contributed by atoms with Crippen LogP contribution in [0.25, 0.3) is 0 Å². The van der Waals surface area contributed by atoms with E-state index in [4.69, 9.17) is 16.7 Å². The van der Waals surface area contributed by atoms with E-state index in [1.807, 2.05) is 25.1 Å². The summed E-state index contributed by atoms with van der Waals surface area (Å²) in [7, 11) is 0. The third kappa shape index (κ3) is 3.45. The minimum absolute atomic E-state index is 0.0428. The summed E-state index contributed by atoms with van der Waals surface area (Å²) >= 11 is 6.03. The number of rotatable bonds is 4. The largest absolute Gasteiger partial charge is 0.477 e. The Balaban J connectivity index is 2.07. The average Bonchev–Trinajstić information content (AvgIpc) is 2.40. The summed E-state index contributed by atoms with van der Waals surface area (Å²) in [5, 5.41) is 12.7. The summed E-state index contributed by atoms with van der Waals surface area (Å²) in [6, 6.07) is 10.6. The first kappa shape index (κ1) is 13.4. The Morgan fingerprint density at radius 3 is 2.84 bits per heavy atom. The van der Waals surface area contributed by atoms with Crippen LogP contribution in [-0.2, 0) is 6.54 Å². The molecule has 2 aromatic rings. The number of aromatic carboxylic acids is 1. The molecule has 0 unspecified atom stereocenters. The minimum Gasteiger partial charge on any atom is -0.477 e. The van der Waals surface area contributed by atoms with E-state index in [2.05, 4.69) is 10.3 Å². The zero-order chi connectivity index (χ0) is 13.8. The zero-order valence-corrected chi connectivity index (χ0v) is 11.1. The number of nitrogens with zero attached hydrogens (tertiary/aromatic N) is 1. The van der Waals surface area contributed by atoms with Gasteiger partial charge >= 0.3 is 5.97 Å². The van der Waals surface area contributed by atoms with Crippen molar-refractivity contribution in [2.24, 2.45) is 0 Å². The van der Waals surface area contributed by atoms with Gasteiger partial charge in [-0.05, 0) is 36.8 Å². The molecule has 19 heavy (non-hydrogen) atoms. The number of carboxylic acids is 1. The first-order valence-electron chi connectivity index (χ1n) is 5.75. The van der Waals surface area contributed by atoms with Crippen molar-refractivity contribution in [1.82, 2.24) is 4.98 Å². The molecule has 4 nitrogen and oxygen atoms in total. The Morgan fingerprint density at radius 2 is 2.16 bits per heavy atom. The van der Waals surface area contributed by atoms with Crippen LogP contribution >= 0.6 is 11.6 Å². The molecule has 2 N–H and O–H groups in total. The van der Waals surface area contributed by atoms with E-state index in [1.165, 1.54) is 6.07 Å². The molecule has 0 spiro atoms. The summed E-state index contributed by atoms with van der Waals surface area (Å²) in [5.41, 5.74) is 2.59. The normalized spacial score (nSPS) is 10.2. The van der Waals surface area contributed by atoms with Gasteiger partial charge in [0.25, 0.3) is 0 Å². The predicted molar refractivity (Wildman–Crippen MR) is 74.7 cm³/mol. The van der Waals surface area contributed by atoms with E-state index >= 15 is 0 Å². The smallest absolute Gasteiger partial charge is 0.354 e. The number of carboxylic acid groups (broad SMARTS) is 1. The molecular weight excluding hydrogens is 264 g/mol. The molecule has 5 heteroatoms. The Bertz CT molecular complexity index is 614. The highest BCUT2D eigenvalue weighted by Gasteiger charge is 2.05. The maximum Gasteiger partial charge on any atom is 0.354 e. The first-order valence-corrected chi connectivity index (χ1v) is 6.13. The SMILES string of the molecule is Cc1ccc(NCc2cccc(C(=O)O)n2)cc1Cl. The number of benzene rings is 1. The van der Waals surface area contributed by atoms with E-state index < -0.39 is 5.97 Å². The molecule has 0 bridgehead atoms. The summed E-state index contributed by atoms with van der Waals surface area (Å²) in [5.74, 6) is -1.03. The van der Waals surface area contributed by atoms with Crippen molar-refractivity contribution in [3.63, 3.8) is 0 Å². The molecule has 1 aromatic heterocycles. The van der Waals surface area contributed by atoms with Gasteiger partial charge in [0.1, 0.15) is 5.69 Å². The van der Waals surface area contributed by atoms with Crippen LogP contribution in [0.3, 0.4) is 0 Å². The predicted octanol–water partition coefficient (Wildman–Crippen LogP) is 3.35. The van der Waals surface area contributed by atoms with E-state index in [1.54, 1.807) is 12.1 Å². The fraction of sp³-hybridized carbons (Fsp3) is 0.143. The number of halogens is 1. The molecule has 2 rings (SSSR count). The third-order valence-electron chi connectivity index (χ3n) is 2.67. The van der Waals surface area contributed by atoms with Crippen LogP contribution in [0.5, 0.6) is 0 Å². The van der Waals surface area contributed by atoms with Crippen molar-refractivity contribution in [2.75, 3.05) is 5.32 Å². The van der Waals surface area contributed by atoms with Crippen LogP contribution in [0, 0.1) is 6.92 Å². The Kier molecular flexibility index (Phi) is 4.02. The number of anilines is 1. The Labute approximate surface area is 116 Å². The molecule has 1 heterocycles. The topological polar surface area (TPSA) is 62.2 Å². The molecule has 0 amide bonds. The van der Waals surface area contributed by atoms with Crippen LogP contribution in [-0.4, -0.2) is 16.1 Å². The van der Waals surface area contributed by atoms with Crippen molar-refractivity contribution < 1.29 is 9.90 Å². The Hall–Kier alpha value is -2.07. The fourth-order valence-corrected chi connectivity index (χ4v) is 1.77. The first-order chi connectivity index (χ1) is 9.06. The number of hydrogen-bond acceptors (Lipinski definition) is 3. The Morgan fingerprint density at radius 1 is 1.37 bits per heavy atom. The number of hydrogen-bond donors (Lipinski definition) is 2. The maximum absolute atomic E-state index is 10.8. The molecule has 0 aliphatic heterocycles. The molecule has 1 aromatic carbocycles. The van der Waals surface area contributed by atoms with Crippen LogP contribution < -0.4 is 5.32 Å². The zero-order valence-electron chi connectivity index (χ0n) is 10.4. The van der Waals surface area contributed by atoms with Gasteiger partial charge in [0, 0.05) is 10.7 Å². The number of aromatic nitrogens is 1. The van der Waals surface area contributed by atoms with Gasteiger partial charge in [0.05, 0.1) is 12.2 Å². The third-order valence-corrected chi connectivity index (χ3v) is 3.08. The highest BCUT2D eigenvalue weighted by Crippen LogP contribution is 2.20. The van der Waals surface area contributed by atoms with Gasteiger partial charge in [-0.15, -0.1) is 0 Å². The van der Waals surface area contributed by atoms with Crippen LogP contribution in [0.1, 0.15) is 21.7 Å². The fourth-order valence-electron chi connectivity index (χ4n) is 1.59. The molecule has 98 valence electrons. The quantitative estimate of drug-likeness (QED) is 0.899. The average molecular weight is 277 g/mol. The van der Waals surface area contributed by atoms with Crippen molar-refractivity contribution in [3.05, 3.63) is 58.4 Å². The van der Waals surface area contributed by atoms with Crippen molar-refractivity contribution in [1.29, 1.82) is 0 Å².